The highest BCUT2D eigenvalue weighted by atomic mass is 14.0. The van der Waals surface area contributed by atoms with Crippen LogP contribution in [0.25, 0.3) is 0 Å². The van der Waals surface area contributed by atoms with E-state index in [0.717, 1.165) is 0 Å². The Morgan fingerprint density at radius 2 is 1.53 bits per heavy atom. The lowest BCUT2D eigenvalue weighted by atomic mass is 10.0. The molecule has 0 saturated heterocycles. The molecule has 0 saturated carbocycles. The van der Waals surface area contributed by atoms with Crippen LogP contribution in [0.5, 0.6) is 0 Å². The Morgan fingerprint density at radius 1 is 0.800 bits per heavy atom. The van der Waals surface area contributed by atoms with E-state index in [2.05, 4.69) is 38.1 Å². The summed E-state index contributed by atoms with van der Waals surface area (Å²) >= 11 is 0. The highest BCUT2D eigenvalue weighted by Crippen LogP contribution is 2.11. The lowest BCUT2D eigenvalue weighted by Crippen LogP contribution is -1.89. The minimum Gasteiger partial charge on any atom is -0.0654 e. The van der Waals surface area contributed by atoms with Crippen LogP contribution in [0.2, 0.25) is 0 Å². The fourth-order valence-electron chi connectivity index (χ4n) is 1.99. The molecular formula is C15H24. The van der Waals surface area contributed by atoms with Gasteiger partial charge >= 0.3 is 0 Å². The number of unbranched alkanes of at least 4 members (excludes halogenated alkanes) is 3. The number of hydrogen-bond acceptors (Lipinski definition) is 0. The average molecular weight is 204 g/mol. The molecule has 0 nitrogen and oxygen atoms in total. The third-order valence-corrected chi connectivity index (χ3v) is 2.85. The lowest BCUT2D eigenvalue weighted by Gasteiger charge is -2.04. The normalized spacial score (nSPS) is 10.5. The van der Waals surface area contributed by atoms with E-state index in [1.54, 1.807) is 0 Å². The Morgan fingerprint density at radius 3 is 2.20 bits per heavy atom. The summed E-state index contributed by atoms with van der Waals surface area (Å²) in [5.41, 5.74) is 3.03. The fourth-order valence-corrected chi connectivity index (χ4v) is 1.99. The van der Waals surface area contributed by atoms with Gasteiger partial charge in [0.15, 0.2) is 0 Å². The van der Waals surface area contributed by atoms with E-state index in [-0.39, 0.29) is 0 Å². The molecule has 0 amide bonds. The van der Waals surface area contributed by atoms with Gasteiger partial charge in [-0.1, -0.05) is 63.8 Å². The topological polar surface area (TPSA) is 0 Å². The Labute approximate surface area is 94.7 Å². The van der Waals surface area contributed by atoms with Crippen LogP contribution in [-0.4, -0.2) is 0 Å². The largest absolute Gasteiger partial charge is 0.0654 e. The molecule has 1 aromatic carbocycles. The number of aryl methyl sites for hydroxylation is 2. The molecule has 0 aromatic heterocycles. The molecule has 0 heterocycles. The summed E-state index contributed by atoms with van der Waals surface area (Å²) < 4.78 is 0. The van der Waals surface area contributed by atoms with Gasteiger partial charge in [0.25, 0.3) is 0 Å². The van der Waals surface area contributed by atoms with Crippen molar-refractivity contribution in [2.75, 3.05) is 0 Å². The number of hydrogen-bond donors (Lipinski definition) is 0. The highest BCUT2D eigenvalue weighted by molar-refractivity contribution is 5.23. The van der Waals surface area contributed by atoms with Gasteiger partial charge in [0.2, 0.25) is 0 Å². The molecule has 84 valence electrons. The minimum atomic E-state index is 1.23. The third-order valence-electron chi connectivity index (χ3n) is 2.85. The predicted molar refractivity (Wildman–Crippen MR) is 68.3 cm³/mol. The maximum Gasteiger partial charge on any atom is -0.0279 e. The van der Waals surface area contributed by atoms with Crippen molar-refractivity contribution in [3.8, 4) is 0 Å². The molecule has 0 unspecified atom stereocenters. The van der Waals surface area contributed by atoms with E-state index in [1.165, 1.54) is 56.1 Å². The second-order valence-corrected chi connectivity index (χ2v) is 4.38. The van der Waals surface area contributed by atoms with Gasteiger partial charge in [-0.2, -0.15) is 0 Å². The molecule has 0 aliphatic heterocycles. The molecule has 0 spiro atoms. The van der Waals surface area contributed by atoms with Crippen LogP contribution in [0, 0.1) is 0 Å². The first-order chi connectivity index (χ1) is 7.36. The van der Waals surface area contributed by atoms with E-state index in [0.29, 0.717) is 0 Å². The molecule has 15 heavy (non-hydrogen) atoms. The zero-order chi connectivity index (χ0) is 10.9. The van der Waals surface area contributed by atoms with E-state index in [9.17, 15) is 0 Å². The lowest BCUT2D eigenvalue weighted by molar-refractivity contribution is 0.666. The van der Waals surface area contributed by atoms with Crippen molar-refractivity contribution in [1.82, 2.24) is 0 Å². The monoisotopic (exact) mass is 204 g/mol. The van der Waals surface area contributed by atoms with Gasteiger partial charge in [-0.15, -0.1) is 0 Å². The number of benzene rings is 1. The molecule has 0 aliphatic carbocycles. The second-order valence-electron chi connectivity index (χ2n) is 4.38. The Kier molecular flexibility index (Phi) is 6.15. The van der Waals surface area contributed by atoms with Crippen LogP contribution in [-0.2, 0) is 12.8 Å². The summed E-state index contributed by atoms with van der Waals surface area (Å²) in [7, 11) is 0. The first-order valence-corrected chi connectivity index (χ1v) is 6.44. The van der Waals surface area contributed by atoms with Crippen LogP contribution < -0.4 is 0 Å². The maximum atomic E-state index is 2.38. The van der Waals surface area contributed by atoms with Crippen molar-refractivity contribution < 1.29 is 0 Å². The summed E-state index contributed by atoms with van der Waals surface area (Å²) in [5, 5.41) is 0. The zero-order valence-electron chi connectivity index (χ0n) is 10.3. The Hall–Kier alpha value is -0.780. The van der Waals surface area contributed by atoms with Gasteiger partial charge in [0.1, 0.15) is 0 Å². The predicted octanol–water partition coefficient (Wildman–Crippen LogP) is 4.76. The van der Waals surface area contributed by atoms with Crippen LogP contribution in [0.3, 0.4) is 0 Å². The molecule has 0 bridgehead atoms. The Balaban J connectivity index is 2.36. The van der Waals surface area contributed by atoms with Crippen molar-refractivity contribution in [3.05, 3.63) is 35.4 Å². The van der Waals surface area contributed by atoms with Crippen molar-refractivity contribution in [2.45, 2.75) is 58.8 Å². The summed E-state index contributed by atoms with van der Waals surface area (Å²) in [6.07, 6.45) is 9.18. The van der Waals surface area contributed by atoms with Gasteiger partial charge < -0.3 is 0 Å². The summed E-state index contributed by atoms with van der Waals surface area (Å²) in [6.45, 7) is 4.51. The minimum absolute atomic E-state index is 1.23. The van der Waals surface area contributed by atoms with Crippen LogP contribution in [0.15, 0.2) is 24.3 Å². The first-order valence-electron chi connectivity index (χ1n) is 6.44. The standard InChI is InChI=1S/C15H24/c1-3-5-6-7-10-15-12-8-11-14(13-15)9-4-2/h8,11-13H,3-7,9-10H2,1-2H3. The molecule has 0 fully saturated rings. The van der Waals surface area contributed by atoms with Crippen molar-refractivity contribution >= 4 is 0 Å². The van der Waals surface area contributed by atoms with Crippen molar-refractivity contribution in [3.63, 3.8) is 0 Å². The quantitative estimate of drug-likeness (QED) is 0.562. The molecule has 1 rings (SSSR count). The molecule has 0 atom stereocenters. The van der Waals surface area contributed by atoms with Gasteiger partial charge in [-0.05, 0) is 30.4 Å². The molecular weight excluding hydrogens is 180 g/mol. The first kappa shape index (κ1) is 12.3. The molecule has 0 radical (unpaired) electrons. The summed E-state index contributed by atoms with van der Waals surface area (Å²) in [5.74, 6) is 0. The van der Waals surface area contributed by atoms with Gasteiger partial charge in [-0.25, -0.2) is 0 Å². The highest BCUT2D eigenvalue weighted by Gasteiger charge is 1.95. The van der Waals surface area contributed by atoms with E-state index in [1.807, 2.05) is 0 Å². The SMILES string of the molecule is CCCCCCc1cccc(CCC)c1. The third kappa shape index (κ3) is 5.01. The van der Waals surface area contributed by atoms with Crippen molar-refractivity contribution in [2.24, 2.45) is 0 Å². The van der Waals surface area contributed by atoms with Crippen LogP contribution >= 0.6 is 0 Å². The summed E-state index contributed by atoms with van der Waals surface area (Å²) in [6, 6.07) is 9.11. The average Bonchev–Trinajstić information content (AvgIpc) is 2.26. The fraction of sp³-hybridized carbons (Fsp3) is 0.600. The molecule has 0 heteroatoms. The second kappa shape index (κ2) is 7.50. The van der Waals surface area contributed by atoms with Gasteiger partial charge in [0.05, 0.1) is 0 Å². The van der Waals surface area contributed by atoms with Crippen LogP contribution in [0.1, 0.15) is 57.1 Å². The summed E-state index contributed by atoms with van der Waals surface area (Å²) in [4.78, 5) is 0. The van der Waals surface area contributed by atoms with E-state index in [4.69, 9.17) is 0 Å². The molecule has 0 aliphatic rings. The van der Waals surface area contributed by atoms with Gasteiger partial charge in [-0.3, -0.25) is 0 Å². The zero-order valence-corrected chi connectivity index (χ0v) is 10.3. The van der Waals surface area contributed by atoms with E-state index >= 15 is 0 Å². The van der Waals surface area contributed by atoms with Crippen LogP contribution in [0.4, 0.5) is 0 Å². The molecule has 1 aromatic rings. The maximum absolute atomic E-state index is 2.38. The Bertz CT molecular complexity index is 262. The number of rotatable bonds is 7. The smallest absolute Gasteiger partial charge is 0.0279 e. The van der Waals surface area contributed by atoms with E-state index < -0.39 is 0 Å². The van der Waals surface area contributed by atoms with Gasteiger partial charge in [0, 0.05) is 0 Å². The van der Waals surface area contributed by atoms with Crippen molar-refractivity contribution in [1.29, 1.82) is 0 Å². The molecule has 0 N–H and O–H groups in total.